The first kappa shape index (κ1) is 14.5. The van der Waals surface area contributed by atoms with Crippen molar-refractivity contribution in [3.8, 4) is 0 Å². The molecule has 1 aromatic carbocycles. The van der Waals surface area contributed by atoms with E-state index in [1.165, 1.54) is 11.3 Å². The minimum atomic E-state index is 0.0824. The van der Waals surface area contributed by atoms with E-state index in [-0.39, 0.29) is 6.04 Å². The number of anilines is 1. The average Bonchev–Trinajstić information content (AvgIpc) is 2.26. The molecule has 0 saturated carbocycles. The number of halogens is 1. The monoisotopic (exact) mass is 298 g/mol. The number of nitrogens with two attached hydrogens (primary N) is 1. The zero-order valence-corrected chi connectivity index (χ0v) is 12.8. The van der Waals surface area contributed by atoms with E-state index in [4.69, 9.17) is 5.73 Å². The van der Waals surface area contributed by atoms with Crippen LogP contribution in [-0.2, 0) is 0 Å². The summed E-state index contributed by atoms with van der Waals surface area (Å²) in [6.45, 7) is 9.74. The Balaban J connectivity index is 3.04. The second-order valence-electron chi connectivity index (χ2n) is 4.79. The third-order valence-corrected chi connectivity index (χ3v) is 3.53. The highest BCUT2D eigenvalue weighted by Crippen LogP contribution is 2.30. The fourth-order valence-electron chi connectivity index (χ4n) is 1.94. The number of rotatable bonds is 5. The van der Waals surface area contributed by atoms with Crippen LogP contribution in [0.4, 0.5) is 5.69 Å². The molecule has 0 saturated heterocycles. The van der Waals surface area contributed by atoms with E-state index < -0.39 is 0 Å². The molecule has 1 aromatic rings. The number of hydrogen-bond acceptors (Lipinski definition) is 2. The Morgan fingerprint density at radius 3 is 2.35 bits per heavy atom. The quantitative estimate of drug-likeness (QED) is 0.887. The topological polar surface area (TPSA) is 29.3 Å². The Bertz CT molecular complexity index is 361. The first-order chi connectivity index (χ1) is 7.97. The normalized spacial score (nSPS) is 12.9. The molecule has 0 aromatic heterocycles. The van der Waals surface area contributed by atoms with Crippen molar-refractivity contribution in [3.63, 3.8) is 0 Å². The Kier molecular flexibility index (Phi) is 5.47. The van der Waals surface area contributed by atoms with Gasteiger partial charge in [-0.3, -0.25) is 0 Å². The summed E-state index contributed by atoms with van der Waals surface area (Å²) in [7, 11) is 0. The first-order valence-electron chi connectivity index (χ1n) is 6.29. The maximum Gasteiger partial charge on any atom is 0.0513 e. The molecule has 0 aliphatic carbocycles. The van der Waals surface area contributed by atoms with Gasteiger partial charge in [0.15, 0.2) is 0 Å². The predicted octanol–water partition coefficient (Wildman–Crippen LogP) is 4.09. The van der Waals surface area contributed by atoms with Crippen LogP contribution in [0.2, 0.25) is 0 Å². The van der Waals surface area contributed by atoms with Crippen molar-refractivity contribution in [3.05, 3.63) is 28.2 Å². The highest BCUT2D eigenvalue weighted by Gasteiger charge is 2.13. The predicted molar refractivity (Wildman–Crippen MR) is 79.5 cm³/mol. The number of benzene rings is 1. The van der Waals surface area contributed by atoms with Gasteiger partial charge in [0.05, 0.1) is 5.69 Å². The van der Waals surface area contributed by atoms with Crippen molar-refractivity contribution in [2.45, 2.75) is 46.2 Å². The van der Waals surface area contributed by atoms with Crippen molar-refractivity contribution in [1.82, 2.24) is 0 Å². The molecule has 2 nitrogen and oxygen atoms in total. The van der Waals surface area contributed by atoms with Crippen molar-refractivity contribution in [1.29, 1.82) is 0 Å². The van der Waals surface area contributed by atoms with E-state index in [9.17, 15) is 0 Å². The smallest absolute Gasteiger partial charge is 0.0513 e. The standard InChI is InChI=1S/C14H23BrN2/c1-5-8-17(10(2)3)14-7-6-12(11(4)16)9-13(14)15/h6-7,9-11H,5,8,16H2,1-4H3/t11-/m1/s1. The van der Waals surface area contributed by atoms with Crippen molar-refractivity contribution in [2.24, 2.45) is 5.73 Å². The lowest BCUT2D eigenvalue weighted by Crippen LogP contribution is -2.31. The van der Waals surface area contributed by atoms with E-state index in [1.807, 2.05) is 6.92 Å². The Morgan fingerprint density at radius 1 is 1.29 bits per heavy atom. The zero-order chi connectivity index (χ0) is 13.0. The number of nitrogens with zero attached hydrogens (tertiary/aromatic N) is 1. The van der Waals surface area contributed by atoms with Gasteiger partial charge in [-0.2, -0.15) is 0 Å². The van der Waals surface area contributed by atoms with Crippen LogP contribution in [0, 0.1) is 0 Å². The minimum Gasteiger partial charge on any atom is -0.368 e. The largest absolute Gasteiger partial charge is 0.368 e. The summed E-state index contributed by atoms with van der Waals surface area (Å²) in [6.07, 6.45) is 1.15. The van der Waals surface area contributed by atoms with Crippen molar-refractivity contribution < 1.29 is 0 Å². The fourth-order valence-corrected chi connectivity index (χ4v) is 2.56. The highest BCUT2D eigenvalue weighted by molar-refractivity contribution is 9.10. The summed E-state index contributed by atoms with van der Waals surface area (Å²) in [4.78, 5) is 2.41. The van der Waals surface area contributed by atoms with Crippen LogP contribution >= 0.6 is 15.9 Å². The van der Waals surface area contributed by atoms with Gasteiger partial charge in [0.1, 0.15) is 0 Å². The van der Waals surface area contributed by atoms with Gasteiger partial charge >= 0.3 is 0 Å². The summed E-state index contributed by atoms with van der Waals surface area (Å²) in [5, 5.41) is 0. The molecule has 1 rings (SSSR count). The lowest BCUT2D eigenvalue weighted by molar-refractivity contribution is 0.669. The molecule has 0 bridgehead atoms. The van der Waals surface area contributed by atoms with E-state index in [1.54, 1.807) is 0 Å². The lowest BCUT2D eigenvalue weighted by atomic mass is 10.1. The Morgan fingerprint density at radius 2 is 1.94 bits per heavy atom. The van der Waals surface area contributed by atoms with Crippen molar-refractivity contribution >= 4 is 21.6 Å². The molecule has 0 radical (unpaired) electrons. The van der Waals surface area contributed by atoms with Crippen LogP contribution in [0.5, 0.6) is 0 Å². The van der Waals surface area contributed by atoms with Gasteiger partial charge in [-0.15, -0.1) is 0 Å². The molecule has 1 atom stereocenters. The van der Waals surface area contributed by atoms with E-state index in [0.29, 0.717) is 6.04 Å². The third-order valence-electron chi connectivity index (χ3n) is 2.89. The molecule has 17 heavy (non-hydrogen) atoms. The molecule has 0 aliphatic rings. The second kappa shape index (κ2) is 6.41. The Labute approximate surface area is 113 Å². The van der Waals surface area contributed by atoms with Crippen LogP contribution in [0.3, 0.4) is 0 Å². The van der Waals surface area contributed by atoms with Crippen molar-refractivity contribution in [2.75, 3.05) is 11.4 Å². The van der Waals surface area contributed by atoms with Gasteiger partial charge in [-0.05, 0) is 60.8 Å². The van der Waals surface area contributed by atoms with Gasteiger partial charge in [0, 0.05) is 23.1 Å². The SMILES string of the molecule is CCCN(c1ccc([C@@H](C)N)cc1Br)C(C)C. The molecular weight excluding hydrogens is 276 g/mol. The minimum absolute atomic E-state index is 0.0824. The first-order valence-corrected chi connectivity index (χ1v) is 7.08. The van der Waals surface area contributed by atoms with Gasteiger partial charge in [0.2, 0.25) is 0 Å². The van der Waals surface area contributed by atoms with Crippen LogP contribution < -0.4 is 10.6 Å². The Hall–Kier alpha value is -0.540. The van der Waals surface area contributed by atoms with Gasteiger partial charge < -0.3 is 10.6 Å². The summed E-state index contributed by atoms with van der Waals surface area (Å²) in [5.41, 5.74) is 8.32. The molecule has 0 amide bonds. The summed E-state index contributed by atoms with van der Waals surface area (Å²) >= 11 is 3.66. The van der Waals surface area contributed by atoms with Crippen LogP contribution in [0.15, 0.2) is 22.7 Å². The fraction of sp³-hybridized carbons (Fsp3) is 0.571. The van der Waals surface area contributed by atoms with Crippen LogP contribution in [0.25, 0.3) is 0 Å². The van der Waals surface area contributed by atoms with Crippen LogP contribution in [0.1, 0.15) is 45.7 Å². The molecule has 0 heterocycles. The van der Waals surface area contributed by atoms with E-state index in [2.05, 4.69) is 59.8 Å². The molecule has 3 heteroatoms. The molecule has 0 spiro atoms. The molecule has 96 valence electrons. The van der Waals surface area contributed by atoms with E-state index in [0.717, 1.165) is 17.4 Å². The maximum absolute atomic E-state index is 5.89. The highest BCUT2D eigenvalue weighted by atomic mass is 79.9. The third kappa shape index (κ3) is 3.71. The van der Waals surface area contributed by atoms with Gasteiger partial charge in [-0.25, -0.2) is 0 Å². The van der Waals surface area contributed by atoms with Crippen LogP contribution in [-0.4, -0.2) is 12.6 Å². The number of hydrogen-bond donors (Lipinski definition) is 1. The maximum atomic E-state index is 5.89. The second-order valence-corrected chi connectivity index (χ2v) is 5.64. The zero-order valence-electron chi connectivity index (χ0n) is 11.2. The van der Waals surface area contributed by atoms with E-state index >= 15 is 0 Å². The molecule has 0 unspecified atom stereocenters. The molecular formula is C14H23BrN2. The molecule has 2 N–H and O–H groups in total. The summed E-state index contributed by atoms with van der Waals surface area (Å²) in [5.74, 6) is 0. The summed E-state index contributed by atoms with van der Waals surface area (Å²) < 4.78 is 1.13. The van der Waals surface area contributed by atoms with Gasteiger partial charge in [-0.1, -0.05) is 13.0 Å². The lowest BCUT2D eigenvalue weighted by Gasteiger charge is -2.30. The van der Waals surface area contributed by atoms with Gasteiger partial charge in [0.25, 0.3) is 0 Å². The molecule has 0 fully saturated rings. The summed E-state index contributed by atoms with van der Waals surface area (Å²) in [6, 6.07) is 7.01. The average molecular weight is 299 g/mol. The molecule has 0 aliphatic heterocycles.